The van der Waals surface area contributed by atoms with E-state index in [0.29, 0.717) is 17.7 Å². The number of aliphatic hydroxyl groups is 1. The molecule has 2 nitrogen and oxygen atoms in total. The van der Waals surface area contributed by atoms with Gasteiger partial charge in [-0.2, -0.15) is 13.2 Å². The van der Waals surface area contributed by atoms with Gasteiger partial charge in [-0.25, -0.2) is 0 Å². The largest absolute Gasteiger partial charge is 0.489 e. The lowest BCUT2D eigenvalue weighted by atomic mass is 10.1. The third kappa shape index (κ3) is 4.23. The Morgan fingerprint density at radius 3 is 2.48 bits per heavy atom. The zero-order chi connectivity index (χ0) is 15.3. The van der Waals surface area contributed by atoms with Crippen molar-refractivity contribution in [3.05, 3.63) is 65.2 Å². The fourth-order valence-electron chi connectivity index (χ4n) is 1.97. The van der Waals surface area contributed by atoms with Gasteiger partial charge >= 0.3 is 6.18 Å². The van der Waals surface area contributed by atoms with Gasteiger partial charge in [-0.3, -0.25) is 0 Å². The van der Waals surface area contributed by atoms with Gasteiger partial charge in [-0.15, -0.1) is 0 Å². The molecule has 0 aromatic heterocycles. The number of rotatable bonds is 5. The van der Waals surface area contributed by atoms with Crippen LogP contribution >= 0.6 is 0 Å². The quantitative estimate of drug-likeness (QED) is 0.909. The van der Waals surface area contributed by atoms with Crippen LogP contribution in [-0.2, 0) is 19.2 Å². The van der Waals surface area contributed by atoms with Crippen molar-refractivity contribution in [1.29, 1.82) is 0 Å². The molecule has 5 heteroatoms. The predicted molar refractivity (Wildman–Crippen MR) is 73.0 cm³/mol. The van der Waals surface area contributed by atoms with Crippen LogP contribution in [0.3, 0.4) is 0 Å². The summed E-state index contributed by atoms with van der Waals surface area (Å²) in [6, 6.07) is 12.2. The summed E-state index contributed by atoms with van der Waals surface area (Å²) >= 11 is 0. The normalized spacial score (nSPS) is 11.4. The van der Waals surface area contributed by atoms with Gasteiger partial charge in [0.1, 0.15) is 12.4 Å². The first kappa shape index (κ1) is 15.4. The van der Waals surface area contributed by atoms with Gasteiger partial charge in [-0.1, -0.05) is 30.3 Å². The number of alkyl halides is 3. The van der Waals surface area contributed by atoms with Crippen LogP contribution in [0.25, 0.3) is 0 Å². The van der Waals surface area contributed by atoms with E-state index in [2.05, 4.69) is 0 Å². The van der Waals surface area contributed by atoms with Gasteiger partial charge in [-0.05, 0) is 35.7 Å². The molecule has 0 aliphatic carbocycles. The number of para-hydroxylation sites is 1. The van der Waals surface area contributed by atoms with E-state index < -0.39 is 11.7 Å². The number of ether oxygens (including phenoxy) is 1. The summed E-state index contributed by atoms with van der Waals surface area (Å²) in [4.78, 5) is 0. The van der Waals surface area contributed by atoms with Crippen molar-refractivity contribution in [3.8, 4) is 5.75 Å². The van der Waals surface area contributed by atoms with Gasteiger partial charge in [0.15, 0.2) is 0 Å². The smallest absolute Gasteiger partial charge is 0.416 e. The molecular formula is C16H15F3O2. The van der Waals surface area contributed by atoms with Gasteiger partial charge in [0.2, 0.25) is 0 Å². The number of hydrogen-bond acceptors (Lipinski definition) is 2. The first-order valence-corrected chi connectivity index (χ1v) is 6.48. The summed E-state index contributed by atoms with van der Waals surface area (Å²) in [6.45, 7) is 0.0380. The van der Waals surface area contributed by atoms with Crippen molar-refractivity contribution in [3.63, 3.8) is 0 Å². The molecule has 0 heterocycles. The van der Waals surface area contributed by atoms with Crippen molar-refractivity contribution in [1.82, 2.24) is 0 Å². The third-order valence-corrected chi connectivity index (χ3v) is 3.00. The second-order valence-corrected chi connectivity index (χ2v) is 4.57. The monoisotopic (exact) mass is 296 g/mol. The maximum atomic E-state index is 12.6. The molecular weight excluding hydrogens is 281 g/mol. The molecule has 2 aromatic rings. The molecule has 0 saturated carbocycles. The van der Waals surface area contributed by atoms with Crippen LogP contribution in [-0.4, -0.2) is 11.7 Å². The Morgan fingerprint density at radius 2 is 1.76 bits per heavy atom. The number of aliphatic hydroxyl groups excluding tert-OH is 1. The van der Waals surface area contributed by atoms with Crippen molar-refractivity contribution in [2.75, 3.05) is 6.61 Å². The molecule has 0 aliphatic heterocycles. The minimum Gasteiger partial charge on any atom is -0.489 e. The molecule has 0 fully saturated rings. The van der Waals surface area contributed by atoms with Crippen LogP contribution in [0.1, 0.15) is 16.7 Å². The number of hydrogen-bond donors (Lipinski definition) is 1. The molecule has 2 aromatic carbocycles. The number of halogens is 3. The fourth-order valence-corrected chi connectivity index (χ4v) is 1.97. The van der Waals surface area contributed by atoms with Gasteiger partial charge in [0, 0.05) is 6.61 Å². The van der Waals surface area contributed by atoms with E-state index in [9.17, 15) is 13.2 Å². The molecule has 1 N–H and O–H groups in total. The van der Waals surface area contributed by atoms with Crippen molar-refractivity contribution < 1.29 is 23.0 Å². The van der Waals surface area contributed by atoms with E-state index in [0.717, 1.165) is 17.7 Å². The third-order valence-electron chi connectivity index (χ3n) is 3.00. The molecule has 2 rings (SSSR count). The van der Waals surface area contributed by atoms with E-state index in [4.69, 9.17) is 9.84 Å². The molecule has 112 valence electrons. The Balaban J connectivity index is 2.10. The Morgan fingerprint density at radius 1 is 1.00 bits per heavy atom. The van der Waals surface area contributed by atoms with E-state index in [-0.39, 0.29) is 13.2 Å². The summed E-state index contributed by atoms with van der Waals surface area (Å²) in [7, 11) is 0. The molecule has 0 amide bonds. The Kier molecular flexibility index (Phi) is 4.85. The maximum absolute atomic E-state index is 12.6. The maximum Gasteiger partial charge on any atom is 0.416 e. The lowest BCUT2D eigenvalue weighted by Crippen LogP contribution is -2.06. The van der Waals surface area contributed by atoms with Gasteiger partial charge in [0.25, 0.3) is 0 Å². The van der Waals surface area contributed by atoms with E-state index in [1.807, 2.05) is 12.1 Å². The summed E-state index contributed by atoms with van der Waals surface area (Å²) < 4.78 is 43.4. The van der Waals surface area contributed by atoms with Crippen molar-refractivity contribution in [2.24, 2.45) is 0 Å². The standard InChI is InChI=1S/C16H15F3O2/c17-16(18,19)14-6-3-4-12(10-14)11-21-15-7-2-1-5-13(15)8-9-20/h1-7,10,20H,8-9,11H2. The molecule has 0 radical (unpaired) electrons. The minimum absolute atomic E-state index is 0.00999. The zero-order valence-corrected chi connectivity index (χ0v) is 11.2. The molecule has 0 aliphatic rings. The predicted octanol–water partition coefficient (Wildman–Crippen LogP) is 3.82. The summed E-state index contributed by atoms with van der Waals surface area (Å²) in [6.07, 6.45) is -3.91. The van der Waals surface area contributed by atoms with Gasteiger partial charge in [0.05, 0.1) is 5.56 Å². The SMILES string of the molecule is OCCc1ccccc1OCc1cccc(C(F)(F)F)c1. The van der Waals surface area contributed by atoms with Crippen LogP contribution in [0.15, 0.2) is 48.5 Å². The highest BCUT2D eigenvalue weighted by molar-refractivity contribution is 5.34. The van der Waals surface area contributed by atoms with Crippen LogP contribution in [0.2, 0.25) is 0 Å². The summed E-state index contributed by atoms with van der Waals surface area (Å²) in [5, 5.41) is 8.97. The average molecular weight is 296 g/mol. The lowest BCUT2D eigenvalue weighted by molar-refractivity contribution is -0.137. The van der Waals surface area contributed by atoms with Crippen LogP contribution in [0.5, 0.6) is 5.75 Å². The Labute approximate surface area is 120 Å². The molecule has 0 atom stereocenters. The van der Waals surface area contributed by atoms with E-state index >= 15 is 0 Å². The summed E-state index contributed by atoms with van der Waals surface area (Å²) in [5.74, 6) is 0.573. The van der Waals surface area contributed by atoms with E-state index in [1.165, 1.54) is 6.07 Å². The topological polar surface area (TPSA) is 29.5 Å². The lowest BCUT2D eigenvalue weighted by Gasteiger charge is -2.12. The van der Waals surface area contributed by atoms with Crippen molar-refractivity contribution >= 4 is 0 Å². The fraction of sp³-hybridized carbons (Fsp3) is 0.250. The van der Waals surface area contributed by atoms with Crippen LogP contribution in [0.4, 0.5) is 13.2 Å². The van der Waals surface area contributed by atoms with Gasteiger partial charge < -0.3 is 9.84 Å². The first-order chi connectivity index (χ1) is 10.0. The molecule has 0 unspecified atom stereocenters. The molecule has 21 heavy (non-hydrogen) atoms. The highest BCUT2D eigenvalue weighted by Gasteiger charge is 2.30. The molecule has 0 spiro atoms. The molecule has 0 saturated heterocycles. The molecule has 0 bridgehead atoms. The second-order valence-electron chi connectivity index (χ2n) is 4.57. The first-order valence-electron chi connectivity index (χ1n) is 6.48. The zero-order valence-electron chi connectivity index (χ0n) is 11.2. The average Bonchev–Trinajstić information content (AvgIpc) is 2.46. The van der Waals surface area contributed by atoms with Crippen molar-refractivity contribution in [2.45, 2.75) is 19.2 Å². The highest BCUT2D eigenvalue weighted by atomic mass is 19.4. The Bertz CT molecular complexity index is 594. The number of benzene rings is 2. The highest BCUT2D eigenvalue weighted by Crippen LogP contribution is 2.30. The van der Waals surface area contributed by atoms with E-state index in [1.54, 1.807) is 18.2 Å². The summed E-state index contributed by atoms with van der Waals surface area (Å²) in [5.41, 5.74) is 0.586. The Hall–Kier alpha value is -2.01. The van der Waals surface area contributed by atoms with Crippen LogP contribution < -0.4 is 4.74 Å². The van der Waals surface area contributed by atoms with Crippen LogP contribution in [0, 0.1) is 0 Å². The minimum atomic E-state index is -4.36. The second kappa shape index (κ2) is 6.63.